The van der Waals surface area contributed by atoms with Crippen molar-refractivity contribution in [2.24, 2.45) is 0 Å². The van der Waals surface area contributed by atoms with E-state index in [1.165, 1.54) is 32.4 Å². The van der Waals surface area contributed by atoms with Crippen LogP contribution in [0.4, 0.5) is 9.52 Å². The number of carbonyl (C=O) groups is 2. The molecule has 32 heavy (non-hydrogen) atoms. The lowest BCUT2D eigenvalue weighted by atomic mass is 10.1. The first-order valence-electron chi connectivity index (χ1n) is 8.83. The van der Waals surface area contributed by atoms with Crippen LogP contribution in [0.3, 0.4) is 0 Å². The zero-order chi connectivity index (χ0) is 23.4. The van der Waals surface area contributed by atoms with Crippen molar-refractivity contribution >= 4 is 57.6 Å². The maximum Gasteiger partial charge on any atom is 0.371 e. The molecule has 3 rings (SSSR count). The number of amides is 1. The Kier molecular flexibility index (Phi) is 7.34. The van der Waals surface area contributed by atoms with Crippen molar-refractivity contribution in [2.75, 3.05) is 19.5 Å². The van der Waals surface area contributed by atoms with Gasteiger partial charge in [0.15, 0.2) is 16.7 Å². The number of methoxy groups -OCH3 is 2. The number of hydrogen-bond acceptors (Lipinski definition) is 6. The number of nitrogens with zero attached hydrogens (tertiary/aromatic N) is 1. The molecule has 2 aromatic carbocycles. The summed E-state index contributed by atoms with van der Waals surface area (Å²) in [7, 11) is 2.56. The molecule has 0 saturated heterocycles. The first kappa shape index (κ1) is 23.5. The van der Waals surface area contributed by atoms with E-state index in [0.29, 0.717) is 5.69 Å². The lowest BCUT2D eigenvalue weighted by Crippen LogP contribution is -2.12. The predicted octanol–water partition coefficient (Wildman–Crippen LogP) is 5.59. The molecule has 166 valence electrons. The van der Waals surface area contributed by atoms with Crippen LogP contribution in [-0.2, 0) is 9.53 Å². The number of carbonyl (C=O) groups excluding carboxylic acids is 1. The van der Waals surface area contributed by atoms with Crippen LogP contribution in [0, 0.1) is 5.82 Å². The van der Waals surface area contributed by atoms with E-state index in [4.69, 9.17) is 37.8 Å². The van der Waals surface area contributed by atoms with Crippen LogP contribution in [0.15, 0.2) is 41.5 Å². The smallest absolute Gasteiger partial charge is 0.371 e. The monoisotopic (exact) mass is 496 g/mol. The summed E-state index contributed by atoms with van der Waals surface area (Å²) in [5, 5.41) is 13.6. The van der Waals surface area contributed by atoms with Gasteiger partial charge in [-0.15, -0.1) is 11.3 Å². The van der Waals surface area contributed by atoms with E-state index >= 15 is 0 Å². The van der Waals surface area contributed by atoms with Gasteiger partial charge in [-0.05, 0) is 30.3 Å². The van der Waals surface area contributed by atoms with Crippen molar-refractivity contribution < 1.29 is 28.6 Å². The topological polar surface area (TPSA) is 97.8 Å². The van der Waals surface area contributed by atoms with Gasteiger partial charge in [0.05, 0.1) is 30.0 Å². The number of rotatable bonds is 7. The number of carboxylic acid groups (broad SMARTS) is 1. The normalized spacial score (nSPS) is 11.2. The maximum absolute atomic E-state index is 14.5. The molecule has 11 heteroatoms. The van der Waals surface area contributed by atoms with Gasteiger partial charge in [0.2, 0.25) is 5.76 Å². The molecular formula is C21H15Cl2FN2O5S. The Morgan fingerprint density at radius 1 is 1.22 bits per heavy atom. The molecule has 0 fully saturated rings. The van der Waals surface area contributed by atoms with Gasteiger partial charge in [0.25, 0.3) is 5.91 Å². The number of ether oxygens (including phenoxy) is 2. The Balaban J connectivity index is 1.84. The molecule has 0 aliphatic rings. The summed E-state index contributed by atoms with van der Waals surface area (Å²) in [5.41, 5.74) is 0.875. The van der Waals surface area contributed by atoms with Crippen LogP contribution in [-0.4, -0.2) is 36.2 Å². The summed E-state index contributed by atoms with van der Waals surface area (Å²) < 4.78 is 24.2. The molecule has 0 aliphatic carbocycles. The van der Waals surface area contributed by atoms with Gasteiger partial charge in [0, 0.05) is 22.1 Å². The van der Waals surface area contributed by atoms with E-state index < -0.39 is 17.7 Å². The quantitative estimate of drug-likeness (QED) is 0.326. The Morgan fingerprint density at radius 3 is 2.50 bits per heavy atom. The number of aromatic nitrogens is 1. The Bertz CT molecular complexity index is 1210. The fraction of sp³-hybridized carbons (Fsp3) is 0.0952. The van der Waals surface area contributed by atoms with Crippen LogP contribution in [0.2, 0.25) is 10.0 Å². The van der Waals surface area contributed by atoms with Crippen molar-refractivity contribution in [2.45, 2.75) is 0 Å². The van der Waals surface area contributed by atoms with Crippen LogP contribution >= 0.6 is 34.5 Å². The van der Waals surface area contributed by atoms with Crippen molar-refractivity contribution in [1.82, 2.24) is 4.98 Å². The summed E-state index contributed by atoms with van der Waals surface area (Å²) in [6.45, 7) is 0. The number of anilines is 1. The predicted molar refractivity (Wildman–Crippen MR) is 121 cm³/mol. The fourth-order valence-electron chi connectivity index (χ4n) is 2.68. The summed E-state index contributed by atoms with van der Waals surface area (Å²) in [6, 6.07) is 7.34. The van der Waals surface area contributed by atoms with E-state index in [0.717, 1.165) is 17.4 Å². The molecule has 1 heterocycles. The minimum atomic E-state index is -1.30. The average Bonchev–Trinajstić information content (AvgIpc) is 3.21. The second kappa shape index (κ2) is 9.99. The summed E-state index contributed by atoms with van der Waals surface area (Å²) in [4.78, 5) is 28.0. The Hall–Kier alpha value is -3.14. The number of halogens is 3. The molecule has 7 nitrogen and oxygen atoms in total. The van der Waals surface area contributed by atoms with E-state index in [1.807, 2.05) is 0 Å². The third kappa shape index (κ3) is 5.01. The van der Waals surface area contributed by atoms with Crippen LogP contribution in [0.5, 0.6) is 5.75 Å². The summed E-state index contributed by atoms with van der Waals surface area (Å²) in [5.74, 6) is -2.70. The lowest BCUT2D eigenvalue weighted by molar-refractivity contribution is -0.135. The third-order valence-electron chi connectivity index (χ3n) is 4.23. The highest BCUT2D eigenvalue weighted by Gasteiger charge is 2.17. The maximum atomic E-state index is 14.5. The van der Waals surface area contributed by atoms with Gasteiger partial charge < -0.3 is 14.6 Å². The molecule has 0 saturated carbocycles. The largest absolute Gasteiger partial charge is 0.494 e. The molecule has 1 amide bonds. The zero-order valence-corrected chi connectivity index (χ0v) is 18.9. The number of thiazole rings is 1. The fourth-order valence-corrected chi connectivity index (χ4v) is 3.98. The molecule has 2 N–H and O–H groups in total. The molecule has 0 bridgehead atoms. The van der Waals surface area contributed by atoms with Gasteiger partial charge in [-0.3, -0.25) is 10.1 Å². The minimum absolute atomic E-state index is 0.0525. The van der Waals surface area contributed by atoms with E-state index in [9.17, 15) is 14.0 Å². The molecule has 3 aromatic rings. The van der Waals surface area contributed by atoms with Crippen LogP contribution in [0.1, 0.15) is 15.9 Å². The highest BCUT2D eigenvalue weighted by Crippen LogP contribution is 2.32. The summed E-state index contributed by atoms with van der Waals surface area (Å²) in [6.07, 6.45) is 1.16. The van der Waals surface area contributed by atoms with Crippen molar-refractivity contribution in [3.63, 3.8) is 0 Å². The van der Waals surface area contributed by atoms with Crippen molar-refractivity contribution in [3.8, 4) is 17.0 Å². The van der Waals surface area contributed by atoms with Gasteiger partial charge in [-0.25, -0.2) is 14.2 Å². The molecule has 0 unspecified atom stereocenters. The highest BCUT2D eigenvalue weighted by atomic mass is 35.5. The number of aliphatic carboxylic acids is 1. The lowest BCUT2D eigenvalue weighted by Gasteiger charge is -2.08. The molecule has 1 aromatic heterocycles. The Morgan fingerprint density at radius 2 is 1.91 bits per heavy atom. The van der Waals surface area contributed by atoms with Gasteiger partial charge >= 0.3 is 5.97 Å². The van der Waals surface area contributed by atoms with Crippen LogP contribution in [0.25, 0.3) is 17.3 Å². The number of benzene rings is 2. The Labute approximate surface area is 196 Å². The first-order valence-corrected chi connectivity index (χ1v) is 10.5. The van der Waals surface area contributed by atoms with E-state index in [1.54, 1.807) is 17.5 Å². The molecule has 0 radical (unpaired) electrons. The summed E-state index contributed by atoms with van der Waals surface area (Å²) >= 11 is 13.5. The van der Waals surface area contributed by atoms with Gasteiger partial charge in [-0.1, -0.05) is 29.3 Å². The molecule has 0 atom stereocenters. The number of carboxylic acids is 1. The zero-order valence-electron chi connectivity index (χ0n) is 16.6. The highest BCUT2D eigenvalue weighted by molar-refractivity contribution is 7.14. The number of hydrogen-bond donors (Lipinski definition) is 2. The van der Waals surface area contributed by atoms with Gasteiger partial charge in [-0.2, -0.15) is 0 Å². The minimum Gasteiger partial charge on any atom is -0.494 e. The molecule has 0 spiro atoms. The second-order valence-electron chi connectivity index (χ2n) is 6.19. The third-order valence-corrected chi connectivity index (χ3v) is 5.61. The number of nitrogens with one attached hydrogen (secondary N) is 1. The van der Waals surface area contributed by atoms with Crippen LogP contribution < -0.4 is 10.1 Å². The first-order chi connectivity index (χ1) is 15.2. The molecule has 0 aliphatic heterocycles. The van der Waals surface area contributed by atoms with Gasteiger partial charge in [0.1, 0.15) is 0 Å². The SMILES string of the molecule is CO/C(=C\c1c(Cl)cc(C(=O)Nc2nc(-c3cccc(OC)c3F)cs2)cc1Cl)C(=O)O. The second-order valence-corrected chi connectivity index (χ2v) is 7.86. The van der Waals surface area contributed by atoms with E-state index in [2.05, 4.69) is 10.3 Å². The van der Waals surface area contributed by atoms with E-state index in [-0.39, 0.29) is 43.4 Å². The molecular weight excluding hydrogens is 482 g/mol. The average molecular weight is 497 g/mol. The van der Waals surface area contributed by atoms with Crippen molar-refractivity contribution in [1.29, 1.82) is 0 Å². The van der Waals surface area contributed by atoms with Crippen molar-refractivity contribution in [3.05, 3.63) is 68.5 Å². The standard InChI is InChI=1S/C21H15Cl2FN2O5S/c1-30-16-5-3-4-11(18(16)24)15-9-32-21(25-15)26-19(27)10-6-13(22)12(14(23)7-10)8-17(31-2)20(28)29/h3-9H,1-2H3,(H,28,29)(H,25,26,27)/b17-8-.